The summed E-state index contributed by atoms with van der Waals surface area (Å²) in [7, 11) is 0. The Kier molecular flexibility index (Phi) is 5.37. The van der Waals surface area contributed by atoms with E-state index in [1.165, 1.54) is 0 Å². The molecule has 6 nitrogen and oxygen atoms in total. The molecule has 2 saturated heterocycles. The monoisotopic (exact) mass is 584 g/mol. The number of hydrogen-bond donors (Lipinski definition) is 1. The number of halogens is 1. The van der Waals surface area contributed by atoms with Crippen LogP contribution in [0.25, 0.3) is 0 Å². The molecule has 1 spiro atoms. The van der Waals surface area contributed by atoms with Crippen molar-refractivity contribution in [3.05, 3.63) is 117 Å². The largest absolute Gasteiger partial charge is 0.379 e. The van der Waals surface area contributed by atoms with Crippen LogP contribution >= 0.6 is 22.6 Å². The normalized spacial score (nSPS) is 28.7. The third-order valence-electron chi connectivity index (χ3n) is 6.77. The summed E-state index contributed by atoms with van der Waals surface area (Å²) < 4.78 is 19.7. The quantitative estimate of drug-likeness (QED) is 0.244. The molecule has 7 heteroatoms. The van der Waals surface area contributed by atoms with Gasteiger partial charge in [-0.3, -0.25) is 0 Å². The Hall–Kier alpha value is -2.27. The lowest BCUT2D eigenvalue weighted by atomic mass is 9.80. The Balaban J connectivity index is 1.48. The number of benzene rings is 3. The smallest absolute Gasteiger partial charge is 0.308 e. The number of hydrogen-bond acceptors (Lipinski definition) is 6. The molecule has 3 aromatic rings. The molecule has 0 amide bonds. The molecule has 3 aliphatic rings. The van der Waals surface area contributed by atoms with E-state index in [-0.39, 0.29) is 6.61 Å². The van der Waals surface area contributed by atoms with Gasteiger partial charge in [-0.25, -0.2) is 0 Å². The van der Waals surface area contributed by atoms with Crippen molar-refractivity contribution in [1.82, 2.24) is 0 Å². The van der Waals surface area contributed by atoms with E-state index < -0.39 is 28.9 Å². The molecule has 1 aliphatic carbocycles. The van der Waals surface area contributed by atoms with Crippen molar-refractivity contribution in [2.45, 2.75) is 42.7 Å². The highest BCUT2D eigenvalue weighted by Gasteiger charge is 2.78. The van der Waals surface area contributed by atoms with Crippen LogP contribution < -0.4 is 0 Å². The van der Waals surface area contributed by atoms with Crippen LogP contribution in [0, 0.1) is 0 Å². The zero-order chi connectivity index (χ0) is 24.3. The van der Waals surface area contributed by atoms with Crippen LogP contribution in [0.5, 0.6) is 0 Å². The molecule has 3 atom stereocenters. The van der Waals surface area contributed by atoms with Gasteiger partial charge in [0.1, 0.15) is 5.60 Å². The predicted molar refractivity (Wildman–Crippen MR) is 136 cm³/mol. The summed E-state index contributed by atoms with van der Waals surface area (Å²) in [6.07, 6.45) is -0.847. The van der Waals surface area contributed by atoms with Gasteiger partial charge in [0.15, 0.2) is 17.5 Å². The van der Waals surface area contributed by atoms with Crippen molar-refractivity contribution < 1.29 is 29.1 Å². The van der Waals surface area contributed by atoms with Crippen LogP contribution in [-0.2, 0) is 29.6 Å². The standard InChI is InChI=1S/C28H25IO6/c1-25(2)32-24-26(30,22(29)23-28(24,34-25)35-33-23)18-31-27(19-12-6-3-7-13-19,20-14-8-4-9-15-20)21-16-10-5-11-17-21/h3-17,24,30H,18H2,1-2H3/t24-,26-,28+/m0/s1. The average Bonchev–Trinajstić information content (AvgIpc) is 3.24. The highest BCUT2D eigenvalue weighted by atomic mass is 127. The van der Waals surface area contributed by atoms with Gasteiger partial charge in [-0.1, -0.05) is 91.0 Å². The maximum Gasteiger partial charge on any atom is 0.308 e. The molecule has 6 rings (SSSR count). The molecule has 2 aliphatic heterocycles. The van der Waals surface area contributed by atoms with Gasteiger partial charge in [0, 0.05) is 0 Å². The molecule has 0 bridgehead atoms. The number of ether oxygens (including phenoxy) is 3. The molecule has 0 aromatic heterocycles. The molecule has 0 radical (unpaired) electrons. The average molecular weight is 584 g/mol. The fourth-order valence-corrected chi connectivity index (χ4v) is 6.14. The summed E-state index contributed by atoms with van der Waals surface area (Å²) in [6.45, 7) is 3.48. The Morgan fingerprint density at radius 2 is 1.34 bits per heavy atom. The van der Waals surface area contributed by atoms with Crippen LogP contribution in [0.1, 0.15) is 30.5 Å². The van der Waals surface area contributed by atoms with Crippen LogP contribution in [0.3, 0.4) is 0 Å². The minimum atomic E-state index is -1.55. The summed E-state index contributed by atoms with van der Waals surface area (Å²) in [5.41, 5.74) is 0.276. The third-order valence-corrected chi connectivity index (χ3v) is 8.20. The zero-order valence-corrected chi connectivity index (χ0v) is 21.5. The lowest BCUT2D eigenvalue weighted by Gasteiger charge is -2.40. The topological polar surface area (TPSA) is 66.4 Å². The summed E-state index contributed by atoms with van der Waals surface area (Å²) in [6, 6.07) is 30.1. The maximum atomic E-state index is 12.1. The lowest BCUT2D eigenvalue weighted by molar-refractivity contribution is -0.493. The van der Waals surface area contributed by atoms with Gasteiger partial charge < -0.3 is 24.2 Å². The first-order valence-electron chi connectivity index (χ1n) is 11.5. The lowest BCUT2D eigenvalue weighted by Crippen LogP contribution is -2.57. The number of rotatable bonds is 6. The van der Waals surface area contributed by atoms with E-state index in [0.717, 1.165) is 16.7 Å². The molecule has 3 aromatic carbocycles. The van der Waals surface area contributed by atoms with E-state index in [1.807, 2.05) is 91.0 Å². The summed E-state index contributed by atoms with van der Waals surface area (Å²) in [5.74, 6) is -1.79. The van der Waals surface area contributed by atoms with Crippen LogP contribution in [0.15, 0.2) is 100 Å². The van der Waals surface area contributed by atoms with Crippen LogP contribution in [0.2, 0.25) is 0 Å². The van der Waals surface area contributed by atoms with Crippen molar-refractivity contribution in [3.8, 4) is 0 Å². The first-order valence-corrected chi connectivity index (χ1v) is 12.6. The Bertz CT molecular complexity index is 1170. The highest BCUT2D eigenvalue weighted by molar-refractivity contribution is 14.1. The summed E-state index contributed by atoms with van der Waals surface area (Å²) in [4.78, 5) is 10.7. The predicted octanol–water partition coefficient (Wildman–Crippen LogP) is 5.20. The molecule has 35 heavy (non-hydrogen) atoms. The Labute approximate surface area is 217 Å². The van der Waals surface area contributed by atoms with Gasteiger partial charge in [-0.2, -0.15) is 0 Å². The molecular weight excluding hydrogens is 559 g/mol. The molecular formula is C28H25IO6. The van der Waals surface area contributed by atoms with Gasteiger partial charge in [0.05, 0.1) is 10.2 Å². The molecule has 0 saturated carbocycles. The Morgan fingerprint density at radius 1 is 0.857 bits per heavy atom. The Morgan fingerprint density at radius 3 is 1.77 bits per heavy atom. The van der Waals surface area contributed by atoms with E-state index in [4.69, 9.17) is 24.0 Å². The van der Waals surface area contributed by atoms with Crippen molar-refractivity contribution in [2.75, 3.05) is 6.61 Å². The van der Waals surface area contributed by atoms with Gasteiger partial charge in [0.25, 0.3) is 0 Å². The van der Waals surface area contributed by atoms with Gasteiger partial charge in [-0.15, -0.1) is 4.89 Å². The van der Waals surface area contributed by atoms with Gasteiger partial charge in [0.2, 0.25) is 5.76 Å². The van der Waals surface area contributed by atoms with E-state index in [2.05, 4.69) is 22.6 Å². The number of aliphatic hydroxyl groups is 1. The van der Waals surface area contributed by atoms with E-state index in [1.54, 1.807) is 13.8 Å². The molecule has 2 fully saturated rings. The zero-order valence-electron chi connectivity index (χ0n) is 19.3. The summed E-state index contributed by atoms with van der Waals surface area (Å²) >= 11 is 2.08. The van der Waals surface area contributed by atoms with Crippen molar-refractivity contribution >= 4 is 22.6 Å². The second-order valence-corrected chi connectivity index (χ2v) is 10.5. The maximum absolute atomic E-state index is 12.1. The van der Waals surface area contributed by atoms with E-state index in [9.17, 15) is 5.11 Å². The first-order chi connectivity index (χ1) is 16.8. The van der Waals surface area contributed by atoms with Gasteiger partial charge in [-0.05, 0) is 53.1 Å². The van der Waals surface area contributed by atoms with Gasteiger partial charge >= 0.3 is 5.79 Å². The van der Waals surface area contributed by atoms with Crippen LogP contribution in [-0.4, -0.2) is 35.0 Å². The molecule has 1 N–H and O–H groups in total. The van der Waals surface area contributed by atoms with Crippen molar-refractivity contribution in [1.29, 1.82) is 0 Å². The first kappa shape index (κ1) is 23.1. The fraction of sp³-hybridized carbons (Fsp3) is 0.286. The van der Waals surface area contributed by atoms with E-state index >= 15 is 0 Å². The summed E-state index contributed by atoms with van der Waals surface area (Å²) in [5, 5.41) is 12.1. The van der Waals surface area contributed by atoms with Crippen molar-refractivity contribution in [2.24, 2.45) is 0 Å². The molecule has 0 unspecified atom stereocenters. The minimum absolute atomic E-state index is 0.0912. The second-order valence-electron chi connectivity index (χ2n) is 9.47. The van der Waals surface area contributed by atoms with Crippen molar-refractivity contribution in [3.63, 3.8) is 0 Å². The van der Waals surface area contributed by atoms with E-state index in [0.29, 0.717) is 9.34 Å². The second kappa shape index (κ2) is 8.12. The third kappa shape index (κ3) is 3.33. The molecule has 180 valence electrons. The SMILES string of the molecule is CC1(C)O[C@@H]2[C@@]3(OOC3=C(I)[C@@]2(O)COC(c2ccccc2)(c2ccccc2)c2ccccc2)O1. The minimum Gasteiger partial charge on any atom is -0.379 e. The highest BCUT2D eigenvalue weighted by Crippen LogP contribution is 2.61. The fourth-order valence-electron chi connectivity index (χ4n) is 5.23. The molecule has 2 heterocycles. The van der Waals surface area contributed by atoms with Crippen LogP contribution in [0.4, 0.5) is 0 Å².